The number of fused-ring (bicyclic) bond motifs is 5. The van der Waals surface area contributed by atoms with E-state index in [1.165, 1.54) is 0 Å². The van der Waals surface area contributed by atoms with Crippen LogP contribution in [-0.2, 0) is 19.0 Å². The fourth-order valence-electron chi connectivity index (χ4n) is 9.72. The second-order valence-corrected chi connectivity index (χ2v) is 12.6. The third-order valence-corrected chi connectivity index (χ3v) is 11.3. The first kappa shape index (κ1) is 25.2. The molecule has 6 N–H and O–H groups in total. The number of cyclic esters (lactones) is 1. The molecule has 4 aliphatic carbocycles. The largest absolute Gasteiger partial charge is 0.435 e. The van der Waals surface area contributed by atoms with Gasteiger partial charge < -0.3 is 44.8 Å². The smallest absolute Gasteiger partial charge is 0.314 e. The van der Waals surface area contributed by atoms with Crippen LogP contribution < -0.4 is 0 Å². The van der Waals surface area contributed by atoms with Gasteiger partial charge in [-0.3, -0.25) is 4.79 Å². The van der Waals surface area contributed by atoms with Crippen molar-refractivity contribution in [1.82, 2.24) is 0 Å². The van der Waals surface area contributed by atoms with E-state index in [1.807, 2.05) is 6.92 Å². The van der Waals surface area contributed by atoms with Gasteiger partial charge in [-0.2, -0.15) is 0 Å². The van der Waals surface area contributed by atoms with Crippen molar-refractivity contribution in [3.63, 3.8) is 0 Å². The Hall–Kier alpha value is -1.11. The number of aliphatic hydroxyl groups excluding tert-OH is 6. The third kappa shape index (κ3) is 2.82. The Morgan fingerprint density at radius 1 is 1.06 bits per heavy atom. The zero-order valence-electron chi connectivity index (χ0n) is 20.7. The van der Waals surface area contributed by atoms with Crippen LogP contribution in [0.15, 0.2) is 12.2 Å². The van der Waals surface area contributed by atoms with Gasteiger partial charge in [0.15, 0.2) is 6.29 Å². The molecule has 6 aliphatic rings. The fraction of sp³-hybridized carbons (Fsp3) is 0.885. The average Bonchev–Trinajstić information content (AvgIpc) is 3.29. The summed E-state index contributed by atoms with van der Waals surface area (Å²) in [5.41, 5.74) is -1.44. The molecule has 2 saturated heterocycles. The zero-order chi connectivity index (χ0) is 25.9. The van der Waals surface area contributed by atoms with Crippen molar-refractivity contribution in [2.24, 2.45) is 39.9 Å². The topological polar surface area (TPSA) is 166 Å². The Kier molecular flexibility index (Phi) is 5.56. The van der Waals surface area contributed by atoms with E-state index < -0.39 is 83.9 Å². The Morgan fingerprint density at radius 2 is 1.78 bits per heavy atom. The summed E-state index contributed by atoms with van der Waals surface area (Å²) in [6, 6.07) is 0. The van der Waals surface area contributed by atoms with Crippen molar-refractivity contribution >= 4 is 5.97 Å². The minimum atomic E-state index is -1.57. The van der Waals surface area contributed by atoms with Gasteiger partial charge in [0.1, 0.15) is 24.4 Å². The molecule has 36 heavy (non-hydrogen) atoms. The van der Waals surface area contributed by atoms with Crippen LogP contribution in [0.2, 0.25) is 0 Å². The van der Waals surface area contributed by atoms with E-state index in [1.54, 1.807) is 0 Å². The van der Waals surface area contributed by atoms with Crippen molar-refractivity contribution in [3.8, 4) is 0 Å². The first-order chi connectivity index (χ1) is 16.9. The number of ether oxygens (including phenoxy) is 3. The molecule has 1 spiro atoms. The minimum Gasteiger partial charge on any atom is -0.435 e. The Morgan fingerprint density at radius 3 is 2.47 bits per heavy atom. The van der Waals surface area contributed by atoms with Gasteiger partial charge in [-0.25, -0.2) is 0 Å². The highest BCUT2D eigenvalue weighted by Crippen LogP contribution is 2.77. The summed E-state index contributed by atoms with van der Waals surface area (Å²) in [5, 5.41) is 63.8. The van der Waals surface area contributed by atoms with Crippen LogP contribution in [0.3, 0.4) is 0 Å². The third-order valence-electron chi connectivity index (χ3n) is 11.3. The van der Waals surface area contributed by atoms with E-state index in [0.717, 1.165) is 18.4 Å². The number of aliphatic hydroxyl groups is 6. The van der Waals surface area contributed by atoms with Crippen molar-refractivity contribution in [1.29, 1.82) is 0 Å². The lowest BCUT2D eigenvalue weighted by atomic mass is 9.49. The minimum absolute atomic E-state index is 0.0901. The number of hydrogen-bond acceptors (Lipinski definition) is 10. The average molecular weight is 511 g/mol. The molecule has 202 valence electrons. The molecule has 6 rings (SSSR count). The predicted octanol–water partition coefficient (Wildman–Crippen LogP) is -0.567. The highest BCUT2D eigenvalue weighted by molar-refractivity contribution is 5.79. The van der Waals surface area contributed by atoms with E-state index in [0.29, 0.717) is 19.3 Å². The van der Waals surface area contributed by atoms with Crippen LogP contribution in [0.4, 0.5) is 0 Å². The summed E-state index contributed by atoms with van der Waals surface area (Å²) in [6.45, 7) is 7.68. The molecule has 7 unspecified atom stereocenters. The molecule has 2 bridgehead atoms. The first-order valence-corrected chi connectivity index (χ1v) is 13.1. The van der Waals surface area contributed by atoms with Crippen LogP contribution in [0.1, 0.15) is 46.0 Å². The molecule has 10 nitrogen and oxygen atoms in total. The summed E-state index contributed by atoms with van der Waals surface area (Å²) in [7, 11) is 0. The quantitative estimate of drug-likeness (QED) is 0.214. The van der Waals surface area contributed by atoms with Crippen LogP contribution in [0.25, 0.3) is 0 Å². The maximum Gasteiger partial charge on any atom is 0.314 e. The van der Waals surface area contributed by atoms with Gasteiger partial charge in [0.2, 0.25) is 6.29 Å². The molecule has 0 aromatic rings. The van der Waals surface area contributed by atoms with Gasteiger partial charge >= 0.3 is 5.97 Å². The SMILES string of the molecule is C=C1[C@@H]2CCC3[C@]4(C)C(CC[C@@]5(C)C(=O)O[C@H](O)[C@@H]45)[C@H](O)[C@]3(C2)[C@H]1OC1OC(CO)C(O)C(O)C1O. The van der Waals surface area contributed by atoms with Crippen molar-refractivity contribution in [2.75, 3.05) is 6.61 Å². The molecule has 0 aromatic heterocycles. The van der Waals surface area contributed by atoms with Crippen LogP contribution in [0, 0.1) is 39.9 Å². The van der Waals surface area contributed by atoms with Crippen LogP contribution >= 0.6 is 0 Å². The Labute approximate surface area is 209 Å². The number of carbonyl (C=O) groups is 1. The van der Waals surface area contributed by atoms with Crippen LogP contribution in [-0.4, -0.2) is 92.4 Å². The molecule has 15 atom stereocenters. The lowest BCUT2D eigenvalue weighted by molar-refractivity contribution is -0.318. The second kappa shape index (κ2) is 7.95. The number of rotatable bonds is 3. The molecule has 0 amide bonds. The van der Waals surface area contributed by atoms with E-state index in [-0.39, 0.29) is 17.8 Å². The highest BCUT2D eigenvalue weighted by atomic mass is 16.7. The van der Waals surface area contributed by atoms with Crippen molar-refractivity contribution < 1.29 is 49.6 Å². The second-order valence-electron chi connectivity index (χ2n) is 12.6. The van der Waals surface area contributed by atoms with E-state index in [4.69, 9.17) is 14.2 Å². The first-order valence-electron chi connectivity index (χ1n) is 13.1. The lowest BCUT2D eigenvalue weighted by Gasteiger charge is -2.53. The zero-order valence-corrected chi connectivity index (χ0v) is 20.7. The van der Waals surface area contributed by atoms with E-state index >= 15 is 0 Å². The number of hydrogen-bond donors (Lipinski definition) is 6. The maximum atomic E-state index is 12.8. The van der Waals surface area contributed by atoms with Crippen molar-refractivity contribution in [3.05, 3.63) is 12.2 Å². The molecule has 6 fully saturated rings. The van der Waals surface area contributed by atoms with E-state index in [9.17, 15) is 35.4 Å². The summed E-state index contributed by atoms with van der Waals surface area (Å²) >= 11 is 0. The van der Waals surface area contributed by atoms with Gasteiger partial charge in [-0.05, 0) is 67.8 Å². The molecular weight excluding hydrogens is 472 g/mol. The van der Waals surface area contributed by atoms with Gasteiger partial charge in [0.05, 0.1) is 24.2 Å². The number of esters is 1. The fourth-order valence-corrected chi connectivity index (χ4v) is 9.72. The Bertz CT molecular complexity index is 955. The molecule has 0 radical (unpaired) electrons. The molecule has 2 heterocycles. The van der Waals surface area contributed by atoms with Crippen LogP contribution in [0.5, 0.6) is 0 Å². The monoisotopic (exact) mass is 510 g/mol. The molecule has 4 saturated carbocycles. The lowest BCUT2D eigenvalue weighted by Crippen LogP contribution is -2.61. The van der Waals surface area contributed by atoms with Gasteiger partial charge in [-0.15, -0.1) is 0 Å². The predicted molar refractivity (Wildman–Crippen MR) is 122 cm³/mol. The number of carbonyl (C=O) groups excluding carboxylic acids is 1. The van der Waals surface area contributed by atoms with Crippen molar-refractivity contribution in [2.45, 2.75) is 95.2 Å². The van der Waals surface area contributed by atoms with Gasteiger partial charge in [0.25, 0.3) is 0 Å². The van der Waals surface area contributed by atoms with Gasteiger partial charge in [0, 0.05) is 11.3 Å². The molecule has 2 aliphatic heterocycles. The summed E-state index contributed by atoms with van der Waals surface area (Å²) in [4.78, 5) is 12.8. The normalized spacial score (nSPS) is 59.9. The van der Waals surface area contributed by atoms with E-state index in [2.05, 4.69) is 13.5 Å². The summed E-state index contributed by atoms with van der Waals surface area (Å²) in [6.07, 6.45) is -6.53. The standard InChI is InChI=1S/C26H38O10/c1-10-11-4-5-14-25(3)12(6-7-24(2)18(25)21(32)36-23(24)33)19(31)26(14,8-11)20(10)35-22-17(30)16(29)15(28)13(9-27)34-22/h11-22,27-32H,1,4-9H2,2-3H3/t11-,12?,13?,14?,15?,16?,17?,18-,19+,20+,21+,22?,24-,25+,26-/m1/s1. The Balaban J connectivity index is 1.40. The highest BCUT2D eigenvalue weighted by Gasteiger charge is 2.79. The summed E-state index contributed by atoms with van der Waals surface area (Å²) < 4.78 is 17.4. The summed E-state index contributed by atoms with van der Waals surface area (Å²) in [5.74, 6) is -1.10. The molecule has 10 heteroatoms. The van der Waals surface area contributed by atoms with Gasteiger partial charge in [-0.1, -0.05) is 13.5 Å². The molecular formula is C26H38O10. The maximum absolute atomic E-state index is 12.8. The molecule has 0 aromatic carbocycles.